The number of hydrogen-bond acceptors (Lipinski definition) is 9. The minimum atomic E-state index is -4.20. The van der Waals surface area contributed by atoms with E-state index in [1.54, 1.807) is 11.6 Å². The number of carbonyl (C=O) groups is 1. The van der Waals surface area contributed by atoms with E-state index < -0.39 is 16.1 Å². The van der Waals surface area contributed by atoms with Gasteiger partial charge in [-0.25, -0.2) is 22.7 Å². The number of urea groups is 1. The molecule has 2 rings (SSSR count). The summed E-state index contributed by atoms with van der Waals surface area (Å²) in [5.74, 6) is 0.0841. The van der Waals surface area contributed by atoms with E-state index in [1.165, 1.54) is 31.4 Å². The topological polar surface area (TPSA) is 153 Å². The van der Waals surface area contributed by atoms with Gasteiger partial charge in [0.15, 0.2) is 0 Å². The molecule has 0 atom stereocenters. The van der Waals surface area contributed by atoms with Crippen molar-refractivity contribution < 1.29 is 22.7 Å². The summed E-state index contributed by atoms with van der Waals surface area (Å²) in [5, 5.41) is 2.17. The summed E-state index contributed by atoms with van der Waals surface area (Å²) in [6.07, 6.45) is 1.30. The van der Waals surface area contributed by atoms with Crippen LogP contribution in [0.5, 0.6) is 6.01 Å². The summed E-state index contributed by atoms with van der Waals surface area (Å²) in [4.78, 5) is 36.6. The number of benzene rings is 1. The van der Waals surface area contributed by atoms with Crippen molar-refractivity contribution in [3.63, 3.8) is 0 Å². The number of ether oxygens (including phenoxy) is 1. The van der Waals surface area contributed by atoms with Crippen LogP contribution in [0.25, 0.3) is 0 Å². The monoisotopic (exact) mass is 364 g/mol. The van der Waals surface area contributed by atoms with Gasteiger partial charge in [-0.2, -0.15) is 19.9 Å². The summed E-state index contributed by atoms with van der Waals surface area (Å²) in [6.45, 7) is 1.54. The molecule has 2 amide bonds. The Morgan fingerprint density at radius 2 is 2.04 bits per heavy atom. The van der Waals surface area contributed by atoms with Gasteiger partial charge in [0.25, 0.3) is 10.0 Å². The highest BCUT2D eigenvalue weighted by Gasteiger charge is 2.19. The van der Waals surface area contributed by atoms with E-state index in [0.717, 1.165) is 6.07 Å². The fraction of sp³-hybridized carbons (Fsp3) is 0.154. The second kappa shape index (κ2) is 7.47. The first-order chi connectivity index (χ1) is 11.8. The van der Waals surface area contributed by atoms with Crippen molar-refractivity contribution >= 4 is 33.8 Å². The predicted molar refractivity (Wildman–Crippen MR) is 84.7 cm³/mol. The second-order valence-corrected chi connectivity index (χ2v) is 6.14. The molecular formula is C13H12N6O5S. The highest BCUT2D eigenvalue weighted by molar-refractivity contribution is 7.90. The van der Waals surface area contributed by atoms with E-state index in [-0.39, 0.29) is 28.4 Å². The third-order valence-electron chi connectivity index (χ3n) is 2.66. The molecule has 0 fully saturated rings. The quantitative estimate of drug-likeness (QED) is 0.580. The molecule has 0 radical (unpaired) electrons. The van der Waals surface area contributed by atoms with Crippen LogP contribution in [0.2, 0.25) is 0 Å². The predicted octanol–water partition coefficient (Wildman–Crippen LogP) is 0.666. The molecule has 0 saturated heterocycles. The van der Waals surface area contributed by atoms with Crippen LogP contribution in [0.15, 0.2) is 34.2 Å². The molecule has 0 spiro atoms. The highest BCUT2D eigenvalue weighted by atomic mass is 32.2. The molecule has 1 aromatic carbocycles. The molecule has 2 aromatic rings. The molecule has 1 aromatic heterocycles. The third-order valence-corrected chi connectivity index (χ3v) is 3.99. The summed E-state index contributed by atoms with van der Waals surface area (Å²) < 4.78 is 31.0. The zero-order valence-electron chi connectivity index (χ0n) is 13.0. The number of anilines is 1. The van der Waals surface area contributed by atoms with Crippen molar-refractivity contribution in [2.45, 2.75) is 11.8 Å². The lowest BCUT2D eigenvalue weighted by molar-refractivity contribution is 0.256. The molecule has 25 heavy (non-hydrogen) atoms. The van der Waals surface area contributed by atoms with Crippen molar-refractivity contribution in [1.29, 1.82) is 0 Å². The van der Waals surface area contributed by atoms with E-state index >= 15 is 0 Å². The maximum atomic E-state index is 12.2. The van der Waals surface area contributed by atoms with Crippen molar-refractivity contribution in [3.05, 3.63) is 30.1 Å². The lowest BCUT2D eigenvalue weighted by Gasteiger charge is -2.08. The fourth-order valence-electron chi connectivity index (χ4n) is 1.69. The highest BCUT2D eigenvalue weighted by Crippen LogP contribution is 2.17. The Morgan fingerprint density at radius 1 is 1.28 bits per heavy atom. The maximum Gasteiger partial charge on any atom is 0.335 e. The number of isocyanates is 1. The van der Waals surface area contributed by atoms with Crippen LogP contribution in [0.4, 0.5) is 16.4 Å². The number of nitrogens with one attached hydrogen (secondary N) is 2. The average molecular weight is 364 g/mol. The van der Waals surface area contributed by atoms with Crippen LogP contribution in [-0.2, 0) is 14.8 Å². The SMILES string of the molecule is COc1nc(C)nc(NC(=O)NS(=O)(=O)c2cccc(N=C=O)c2)n1. The van der Waals surface area contributed by atoms with Crippen LogP contribution >= 0.6 is 0 Å². The largest absolute Gasteiger partial charge is 0.467 e. The summed E-state index contributed by atoms with van der Waals surface area (Å²) in [7, 11) is -2.87. The van der Waals surface area contributed by atoms with E-state index in [0.29, 0.717) is 0 Å². The number of aliphatic imine (C=N–C) groups is 1. The van der Waals surface area contributed by atoms with Crippen molar-refractivity contribution in [2.24, 2.45) is 4.99 Å². The molecule has 0 bridgehead atoms. The lowest BCUT2D eigenvalue weighted by Crippen LogP contribution is -2.35. The number of sulfonamides is 1. The number of aryl methyl sites for hydroxylation is 1. The Labute approximate surface area is 142 Å². The van der Waals surface area contributed by atoms with Gasteiger partial charge in [0, 0.05) is 0 Å². The summed E-state index contributed by atoms with van der Waals surface area (Å²) >= 11 is 0. The molecule has 0 unspecified atom stereocenters. The third kappa shape index (κ3) is 4.80. The number of rotatable bonds is 5. The number of amides is 2. The van der Waals surface area contributed by atoms with Gasteiger partial charge >= 0.3 is 12.0 Å². The van der Waals surface area contributed by atoms with Gasteiger partial charge in [-0.3, -0.25) is 5.32 Å². The van der Waals surface area contributed by atoms with Crippen LogP contribution in [-0.4, -0.2) is 42.6 Å². The van der Waals surface area contributed by atoms with Gasteiger partial charge in [-0.15, -0.1) is 0 Å². The maximum absolute atomic E-state index is 12.2. The average Bonchev–Trinajstić information content (AvgIpc) is 2.54. The number of aromatic nitrogens is 3. The normalized spacial score (nSPS) is 10.5. The number of carbonyl (C=O) groups excluding carboxylic acids is 2. The number of nitrogens with zero attached hydrogens (tertiary/aromatic N) is 4. The van der Waals surface area contributed by atoms with Gasteiger partial charge in [-0.05, 0) is 25.1 Å². The molecule has 0 saturated carbocycles. The van der Waals surface area contributed by atoms with Gasteiger partial charge in [0.1, 0.15) is 5.82 Å². The summed E-state index contributed by atoms with van der Waals surface area (Å²) in [5.41, 5.74) is 0.0797. The Hall–Kier alpha value is -3.37. The summed E-state index contributed by atoms with van der Waals surface area (Å²) in [6, 6.07) is 3.99. The zero-order chi connectivity index (χ0) is 18.4. The zero-order valence-corrected chi connectivity index (χ0v) is 13.9. The molecule has 130 valence electrons. The second-order valence-electron chi connectivity index (χ2n) is 4.45. The first-order valence-electron chi connectivity index (χ1n) is 6.62. The van der Waals surface area contributed by atoms with Crippen LogP contribution in [0.3, 0.4) is 0 Å². The lowest BCUT2D eigenvalue weighted by atomic mass is 10.3. The molecule has 1 heterocycles. The van der Waals surface area contributed by atoms with Crippen LogP contribution in [0.1, 0.15) is 5.82 Å². The molecular weight excluding hydrogens is 352 g/mol. The van der Waals surface area contributed by atoms with Gasteiger partial charge in [0.2, 0.25) is 12.0 Å². The van der Waals surface area contributed by atoms with Crippen molar-refractivity contribution in [2.75, 3.05) is 12.4 Å². The molecule has 2 N–H and O–H groups in total. The van der Waals surface area contributed by atoms with Gasteiger partial charge in [0.05, 0.1) is 17.7 Å². The first kappa shape index (κ1) is 18.0. The minimum absolute atomic E-state index is 0.0370. The first-order valence-corrected chi connectivity index (χ1v) is 8.11. The Morgan fingerprint density at radius 3 is 2.72 bits per heavy atom. The molecule has 11 nitrogen and oxygen atoms in total. The van der Waals surface area contributed by atoms with E-state index in [4.69, 9.17) is 4.74 Å². The molecule has 0 aliphatic rings. The van der Waals surface area contributed by atoms with Gasteiger partial charge < -0.3 is 4.74 Å². The van der Waals surface area contributed by atoms with E-state index in [2.05, 4.69) is 25.3 Å². The van der Waals surface area contributed by atoms with Crippen molar-refractivity contribution in [3.8, 4) is 6.01 Å². The number of methoxy groups -OCH3 is 1. The molecule has 0 aliphatic heterocycles. The van der Waals surface area contributed by atoms with Crippen LogP contribution < -0.4 is 14.8 Å². The Bertz CT molecular complexity index is 955. The van der Waals surface area contributed by atoms with Gasteiger partial charge in [-0.1, -0.05) is 6.07 Å². The minimum Gasteiger partial charge on any atom is -0.467 e. The van der Waals surface area contributed by atoms with Crippen molar-refractivity contribution in [1.82, 2.24) is 19.7 Å². The number of hydrogen-bond donors (Lipinski definition) is 2. The standard InChI is InChI=1S/C13H12N6O5S/c1-8-15-11(18-13(16-8)24-2)17-12(21)19-25(22,23)10-5-3-4-9(6-10)14-7-20/h3-6H,1-2H3,(H2,15,16,17,18,19,21). The Balaban J connectivity index is 2.17. The van der Waals surface area contributed by atoms with Crippen LogP contribution in [0, 0.1) is 6.92 Å². The Kier molecular flexibility index (Phi) is 5.37. The van der Waals surface area contributed by atoms with E-state index in [1.807, 2.05) is 0 Å². The fourth-order valence-corrected chi connectivity index (χ4v) is 2.63. The smallest absolute Gasteiger partial charge is 0.335 e. The van der Waals surface area contributed by atoms with E-state index in [9.17, 15) is 18.0 Å². The molecule has 0 aliphatic carbocycles. The molecule has 12 heteroatoms.